The van der Waals surface area contributed by atoms with Crippen LogP contribution < -0.4 is 5.32 Å². The van der Waals surface area contributed by atoms with Crippen LogP contribution in [-0.2, 0) is 10.7 Å². The number of carbonyl (C=O) groups is 2. The second-order valence-corrected chi connectivity index (χ2v) is 10.1. The van der Waals surface area contributed by atoms with Crippen LogP contribution in [0.4, 0.5) is 17.6 Å². The summed E-state index contributed by atoms with van der Waals surface area (Å²) >= 11 is 0. The van der Waals surface area contributed by atoms with Crippen LogP contribution in [0.5, 0.6) is 0 Å². The fourth-order valence-electron chi connectivity index (χ4n) is 5.24. The van der Waals surface area contributed by atoms with E-state index in [1.807, 2.05) is 0 Å². The number of carbonyl (C=O) groups excluding carboxylic acids is 1. The fraction of sp³-hybridized carbons (Fsp3) is 0.577. The number of likely N-dealkylation sites (tertiary alicyclic amines) is 1. The maximum Gasteiger partial charge on any atom is 0.305 e. The molecule has 2 fully saturated rings. The van der Waals surface area contributed by atoms with Crippen molar-refractivity contribution in [2.75, 3.05) is 19.6 Å². The number of hydrogen-bond donors (Lipinski definition) is 2. The van der Waals surface area contributed by atoms with Gasteiger partial charge >= 0.3 is 5.97 Å². The van der Waals surface area contributed by atoms with Gasteiger partial charge in [-0.3, -0.25) is 19.2 Å². The number of nitrogens with one attached hydrogen (secondary N) is 1. The largest absolute Gasteiger partial charge is 0.481 e. The standard InChI is InChI=1S/C26H32F4N4O3/c1-26(29,30)19-9-5-4-8-18(19)23-13-22(32-34(23)17-6-2-3-7-17)25(37)31-16(12-24(35)36)10-11-33-14-20(27)21(28)15-33/h4-5,8-9,13,16-17,20-21H,2-3,6-7,10-12,14-15H2,1H3,(H,31,37)(H,35,36)/t16-,20-,21+/m0/s1. The van der Waals surface area contributed by atoms with Gasteiger partial charge in [0, 0.05) is 43.7 Å². The molecule has 37 heavy (non-hydrogen) atoms. The maximum atomic E-state index is 14.4. The first kappa shape index (κ1) is 27.1. The van der Waals surface area contributed by atoms with Crippen LogP contribution in [0, 0.1) is 0 Å². The van der Waals surface area contributed by atoms with E-state index in [0.717, 1.165) is 32.6 Å². The smallest absolute Gasteiger partial charge is 0.305 e. The summed E-state index contributed by atoms with van der Waals surface area (Å²) in [5.74, 6) is -4.86. The molecule has 1 saturated carbocycles. The predicted octanol–water partition coefficient (Wildman–Crippen LogP) is 4.73. The SMILES string of the molecule is CC(F)(F)c1ccccc1-c1cc(C(=O)N[C@@H](CCN2C[C@@H](F)[C@@H](F)C2)CC(=O)O)nn1C1CCCC1. The second kappa shape index (κ2) is 11.2. The van der Waals surface area contributed by atoms with Crippen molar-refractivity contribution < 1.29 is 32.3 Å². The zero-order chi connectivity index (χ0) is 26.7. The summed E-state index contributed by atoms with van der Waals surface area (Å²) in [4.78, 5) is 26.1. The first-order valence-electron chi connectivity index (χ1n) is 12.6. The first-order chi connectivity index (χ1) is 17.5. The Morgan fingerprint density at radius 3 is 2.43 bits per heavy atom. The number of amides is 1. The zero-order valence-corrected chi connectivity index (χ0v) is 20.7. The number of hydrogen-bond acceptors (Lipinski definition) is 4. The Balaban J connectivity index is 1.58. The van der Waals surface area contributed by atoms with Gasteiger partial charge in [0.05, 0.1) is 18.2 Å². The van der Waals surface area contributed by atoms with Crippen LogP contribution in [0.3, 0.4) is 0 Å². The summed E-state index contributed by atoms with van der Waals surface area (Å²) in [6.07, 6.45) is 0.193. The van der Waals surface area contributed by atoms with E-state index in [1.165, 1.54) is 18.2 Å². The molecule has 2 aromatic rings. The van der Waals surface area contributed by atoms with Crippen molar-refractivity contribution in [2.45, 2.75) is 75.8 Å². The minimum absolute atomic E-state index is 0.000304. The molecule has 4 rings (SSSR count). The average molecular weight is 525 g/mol. The normalized spacial score (nSPS) is 21.9. The van der Waals surface area contributed by atoms with E-state index in [4.69, 9.17) is 0 Å². The van der Waals surface area contributed by atoms with Crippen LogP contribution in [0.2, 0.25) is 0 Å². The Hall–Kier alpha value is -2.95. The van der Waals surface area contributed by atoms with Crippen LogP contribution in [-0.4, -0.2) is 69.7 Å². The molecule has 3 atom stereocenters. The molecule has 202 valence electrons. The lowest BCUT2D eigenvalue weighted by Gasteiger charge is -2.20. The third kappa shape index (κ3) is 6.49. The minimum atomic E-state index is -3.11. The predicted molar refractivity (Wildman–Crippen MR) is 129 cm³/mol. The molecule has 1 aliphatic carbocycles. The highest BCUT2D eigenvalue weighted by molar-refractivity contribution is 5.94. The number of benzene rings is 1. The third-order valence-electron chi connectivity index (χ3n) is 7.12. The Labute approximate surface area is 212 Å². The molecule has 11 heteroatoms. The molecule has 2 N–H and O–H groups in total. The van der Waals surface area contributed by atoms with E-state index in [-0.39, 0.29) is 55.3 Å². The summed E-state index contributed by atoms with van der Waals surface area (Å²) < 4.78 is 57.5. The lowest BCUT2D eigenvalue weighted by Crippen LogP contribution is -2.39. The summed E-state index contributed by atoms with van der Waals surface area (Å²) in [6.45, 7) is 0.889. The highest BCUT2D eigenvalue weighted by atomic mass is 19.3. The maximum absolute atomic E-state index is 14.4. The number of aliphatic carboxylic acids is 1. The van der Waals surface area contributed by atoms with E-state index >= 15 is 0 Å². The zero-order valence-electron chi connectivity index (χ0n) is 20.7. The number of carboxylic acid groups (broad SMARTS) is 1. The lowest BCUT2D eigenvalue weighted by atomic mass is 9.99. The van der Waals surface area contributed by atoms with Crippen LogP contribution in [0.25, 0.3) is 11.3 Å². The fourth-order valence-corrected chi connectivity index (χ4v) is 5.24. The molecule has 0 bridgehead atoms. The van der Waals surface area contributed by atoms with Gasteiger partial charge in [-0.05, 0) is 25.3 Å². The van der Waals surface area contributed by atoms with Crippen LogP contribution >= 0.6 is 0 Å². The summed E-state index contributed by atoms with van der Waals surface area (Å²) in [7, 11) is 0. The number of rotatable bonds is 10. The molecule has 2 aliphatic rings. The van der Waals surface area contributed by atoms with Crippen molar-refractivity contribution in [3.63, 3.8) is 0 Å². The minimum Gasteiger partial charge on any atom is -0.481 e. The van der Waals surface area contributed by atoms with Crippen molar-refractivity contribution in [2.24, 2.45) is 0 Å². The van der Waals surface area contributed by atoms with E-state index < -0.39 is 36.2 Å². The van der Waals surface area contributed by atoms with E-state index in [9.17, 15) is 32.3 Å². The van der Waals surface area contributed by atoms with Gasteiger partial charge in [-0.2, -0.15) is 5.10 Å². The van der Waals surface area contributed by atoms with Gasteiger partial charge < -0.3 is 10.4 Å². The summed E-state index contributed by atoms with van der Waals surface area (Å²) in [5, 5.41) is 16.5. The number of alkyl halides is 4. The van der Waals surface area contributed by atoms with Gasteiger partial charge in [0.2, 0.25) is 0 Å². The van der Waals surface area contributed by atoms with Gasteiger partial charge in [-0.15, -0.1) is 0 Å². The Kier molecular flexibility index (Phi) is 8.20. The molecule has 0 unspecified atom stereocenters. The van der Waals surface area contributed by atoms with Crippen molar-refractivity contribution in [1.29, 1.82) is 0 Å². The molecule has 0 radical (unpaired) electrons. The molecular weight excluding hydrogens is 492 g/mol. The first-order valence-corrected chi connectivity index (χ1v) is 12.6. The molecule has 1 aromatic heterocycles. The quantitative estimate of drug-likeness (QED) is 0.439. The molecule has 7 nitrogen and oxygen atoms in total. The van der Waals surface area contributed by atoms with E-state index in [1.54, 1.807) is 21.7 Å². The Morgan fingerprint density at radius 1 is 1.16 bits per heavy atom. The number of aromatic nitrogens is 2. The Morgan fingerprint density at radius 2 is 1.81 bits per heavy atom. The second-order valence-electron chi connectivity index (χ2n) is 10.1. The molecule has 1 amide bonds. The Bertz CT molecular complexity index is 1100. The summed E-state index contributed by atoms with van der Waals surface area (Å²) in [5.41, 5.74) is 0.517. The number of nitrogens with zero attached hydrogens (tertiary/aromatic N) is 3. The van der Waals surface area contributed by atoms with E-state index in [2.05, 4.69) is 10.4 Å². The molecule has 0 spiro atoms. The highest BCUT2D eigenvalue weighted by Gasteiger charge is 2.34. The summed E-state index contributed by atoms with van der Waals surface area (Å²) in [6, 6.07) is 6.76. The van der Waals surface area contributed by atoms with Gasteiger partial charge in [-0.1, -0.05) is 37.1 Å². The van der Waals surface area contributed by atoms with Crippen LogP contribution in [0.15, 0.2) is 30.3 Å². The van der Waals surface area contributed by atoms with Gasteiger partial charge in [-0.25, -0.2) is 17.6 Å². The average Bonchev–Trinajstić information content (AvgIpc) is 3.57. The molecule has 1 saturated heterocycles. The van der Waals surface area contributed by atoms with Crippen molar-refractivity contribution in [3.8, 4) is 11.3 Å². The third-order valence-corrected chi connectivity index (χ3v) is 7.12. The molecule has 2 heterocycles. The highest BCUT2D eigenvalue weighted by Crippen LogP contribution is 2.39. The van der Waals surface area contributed by atoms with Crippen LogP contribution in [0.1, 0.15) is 67.5 Å². The van der Waals surface area contributed by atoms with Gasteiger partial charge in [0.25, 0.3) is 11.8 Å². The molecule has 1 aliphatic heterocycles. The topological polar surface area (TPSA) is 87.5 Å². The van der Waals surface area contributed by atoms with Crippen molar-refractivity contribution in [3.05, 3.63) is 41.6 Å². The molecular formula is C26H32F4N4O3. The van der Waals surface area contributed by atoms with Gasteiger partial charge in [0.1, 0.15) is 12.3 Å². The number of halogens is 4. The van der Waals surface area contributed by atoms with E-state index in [0.29, 0.717) is 5.69 Å². The van der Waals surface area contributed by atoms with Gasteiger partial charge in [0.15, 0.2) is 5.69 Å². The number of carboxylic acids is 1. The molecule has 1 aromatic carbocycles. The van der Waals surface area contributed by atoms with Crippen molar-refractivity contribution in [1.82, 2.24) is 20.0 Å². The lowest BCUT2D eigenvalue weighted by molar-refractivity contribution is -0.137. The monoisotopic (exact) mass is 524 g/mol. The van der Waals surface area contributed by atoms with Crippen molar-refractivity contribution >= 4 is 11.9 Å².